The zero-order valence-corrected chi connectivity index (χ0v) is 7.79. The van der Waals surface area contributed by atoms with E-state index in [1.165, 1.54) is 0 Å². The van der Waals surface area contributed by atoms with Gasteiger partial charge in [-0.25, -0.2) is 0 Å². The van der Waals surface area contributed by atoms with Gasteiger partial charge in [-0.2, -0.15) is 0 Å². The number of amides is 1. The summed E-state index contributed by atoms with van der Waals surface area (Å²) in [7, 11) is 0. The van der Waals surface area contributed by atoms with Crippen molar-refractivity contribution in [1.82, 2.24) is 10.6 Å². The summed E-state index contributed by atoms with van der Waals surface area (Å²) in [5.41, 5.74) is 0. The summed E-state index contributed by atoms with van der Waals surface area (Å²) in [5.74, 6) is 0.810. The Morgan fingerprint density at radius 1 is 1.77 bits per heavy atom. The average molecular weight is 184 g/mol. The molecule has 4 nitrogen and oxygen atoms in total. The van der Waals surface area contributed by atoms with Crippen LogP contribution in [0.1, 0.15) is 13.3 Å². The molecule has 0 spiro atoms. The highest BCUT2D eigenvalue weighted by Gasteiger charge is 2.50. The first-order chi connectivity index (χ1) is 6.18. The summed E-state index contributed by atoms with van der Waals surface area (Å²) in [6.45, 7) is 3.03. The largest absolute Gasteiger partial charge is 0.392 e. The molecule has 0 aromatic heterocycles. The first-order valence-corrected chi connectivity index (χ1v) is 4.87. The van der Waals surface area contributed by atoms with Crippen LogP contribution < -0.4 is 10.6 Å². The van der Waals surface area contributed by atoms with Crippen LogP contribution in [0.15, 0.2) is 0 Å². The molecule has 2 saturated heterocycles. The monoisotopic (exact) mass is 184 g/mol. The fourth-order valence-electron chi connectivity index (χ4n) is 2.24. The van der Waals surface area contributed by atoms with E-state index in [1.54, 1.807) is 6.92 Å². The van der Waals surface area contributed by atoms with Crippen molar-refractivity contribution >= 4 is 5.91 Å². The number of aliphatic hydroxyl groups is 1. The van der Waals surface area contributed by atoms with Crippen LogP contribution >= 0.6 is 0 Å². The lowest BCUT2D eigenvalue weighted by atomic mass is 9.73. The molecule has 4 atom stereocenters. The maximum atomic E-state index is 11.5. The molecule has 3 fully saturated rings. The van der Waals surface area contributed by atoms with Crippen molar-refractivity contribution in [3.05, 3.63) is 0 Å². The average Bonchev–Trinajstić information content (AvgIpc) is 2.60. The second kappa shape index (κ2) is 3.27. The molecular formula is C9H16N2O2. The van der Waals surface area contributed by atoms with Crippen LogP contribution in [0, 0.1) is 11.8 Å². The van der Waals surface area contributed by atoms with Crippen LogP contribution in [-0.2, 0) is 4.79 Å². The summed E-state index contributed by atoms with van der Waals surface area (Å²) in [6, 6.07) is 0.402. The highest BCUT2D eigenvalue weighted by molar-refractivity contribution is 5.81. The van der Waals surface area contributed by atoms with Crippen LogP contribution in [0.3, 0.4) is 0 Å². The Balaban J connectivity index is 1.78. The SMILES string of the molecule is C[C@H](O)CNC(=O)C1C2CNC1C2. The number of hydrogen-bond donors (Lipinski definition) is 3. The van der Waals surface area contributed by atoms with Gasteiger partial charge in [0.2, 0.25) is 5.91 Å². The van der Waals surface area contributed by atoms with Crippen molar-refractivity contribution in [3.63, 3.8) is 0 Å². The van der Waals surface area contributed by atoms with E-state index < -0.39 is 6.10 Å². The highest BCUT2D eigenvalue weighted by atomic mass is 16.3. The molecule has 0 aromatic rings. The van der Waals surface area contributed by atoms with E-state index in [1.807, 2.05) is 0 Å². The van der Waals surface area contributed by atoms with Gasteiger partial charge in [-0.1, -0.05) is 0 Å². The normalized spacial score (nSPS) is 38.2. The lowest BCUT2D eigenvalue weighted by Crippen LogP contribution is -2.48. The molecule has 13 heavy (non-hydrogen) atoms. The Labute approximate surface area is 77.7 Å². The van der Waals surface area contributed by atoms with Crippen molar-refractivity contribution in [2.75, 3.05) is 13.1 Å². The molecule has 1 aliphatic carbocycles. The lowest BCUT2D eigenvalue weighted by Gasteiger charge is -2.33. The van der Waals surface area contributed by atoms with Gasteiger partial charge in [0.15, 0.2) is 0 Å². The Bertz CT molecular complexity index is 204. The van der Waals surface area contributed by atoms with Gasteiger partial charge >= 0.3 is 0 Å². The summed E-state index contributed by atoms with van der Waals surface area (Å²) in [4.78, 5) is 11.5. The number of carbonyl (C=O) groups is 1. The summed E-state index contributed by atoms with van der Waals surface area (Å²) in [5, 5.41) is 15.0. The molecule has 3 N–H and O–H groups in total. The molecule has 4 heteroatoms. The van der Waals surface area contributed by atoms with E-state index in [0.29, 0.717) is 18.5 Å². The minimum Gasteiger partial charge on any atom is -0.392 e. The number of rotatable bonds is 3. The van der Waals surface area contributed by atoms with Gasteiger partial charge in [0.05, 0.1) is 12.0 Å². The molecule has 3 aliphatic rings. The zero-order valence-electron chi connectivity index (χ0n) is 7.79. The molecule has 0 radical (unpaired) electrons. The Hall–Kier alpha value is -0.610. The quantitative estimate of drug-likeness (QED) is 0.532. The molecule has 0 aromatic carbocycles. The molecule has 3 unspecified atom stereocenters. The van der Waals surface area contributed by atoms with Crippen LogP contribution in [0.25, 0.3) is 0 Å². The third kappa shape index (κ3) is 1.56. The summed E-state index contributed by atoms with van der Waals surface area (Å²) in [6.07, 6.45) is 0.696. The number of carbonyl (C=O) groups excluding carboxylic acids is 1. The van der Waals surface area contributed by atoms with Gasteiger partial charge in [-0.15, -0.1) is 0 Å². The van der Waals surface area contributed by atoms with E-state index in [0.717, 1.165) is 13.0 Å². The van der Waals surface area contributed by atoms with Gasteiger partial charge in [0, 0.05) is 12.6 Å². The lowest BCUT2D eigenvalue weighted by molar-refractivity contribution is -0.129. The first-order valence-electron chi connectivity index (χ1n) is 4.87. The summed E-state index contributed by atoms with van der Waals surface area (Å²) >= 11 is 0. The molecule has 1 saturated carbocycles. The van der Waals surface area contributed by atoms with Crippen molar-refractivity contribution in [2.24, 2.45) is 11.8 Å². The van der Waals surface area contributed by atoms with Crippen LogP contribution in [0.2, 0.25) is 0 Å². The van der Waals surface area contributed by atoms with Crippen molar-refractivity contribution < 1.29 is 9.90 Å². The minimum absolute atomic E-state index is 0.104. The van der Waals surface area contributed by atoms with Gasteiger partial charge in [0.25, 0.3) is 0 Å². The number of fused-ring (bicyclic) bond motifs is 1. The predicted octanol–water partition coefficient (Wildman–Crippen LogP) is -0.909. The van der Waals surface area contributed by atoms with E-state index in [-0.39, 0.29) is 11.8 Å². The van der Waals surface area contributed by atoms with Crippen molar-refractivity contribution in [3.8, 4) is 0 Å². The fraction of sp³-hybridized carbons (Fsp3) is 0.889. The zero-order chi connectivity index (χ0) is 9.42. The van der Waals surface area contributed by atoms with Crippen molar-refractivity contribution in [2.45, 2.75) is 25.5 Å². The Morgan fingerprint density at radius 3 is 3.00 bits per heavy atom. The molecule has 74 valence electrons. The Kier molecular flexibility index (Phi) is 2.26. The standard InChI is InChI=1S/C9H16N2O2/c1-5(12)3-11-9(13)8-6-2-7(8)10-4-6/h5-8,10,12H,2-4H2,1H3,(H,11,13)/t5-,6?,7?,8?/m0/s1. The third-order valence-corrected chi connectivity index (χ3v) is 3.01. The van der Waals surface area contributed by atoms with Crippen LogP contribution in [0.5, 0.6) is 0 Å². The smallest absolute Gasteiger partial charge is 0.225 e. The second-order valence-electron chi connectivity index (χ2n) is 4.13. The number of nitrogens with one attached hydrogen (secondary N) is 2. The maximum Gasteiger partial charge on any atom is 0.225 e. The second-order valence-corrected chi connectivity index (χ2v) is 4.13. The number of hydrogen-bond acceptors (Lipinski definition) is 3. The van der Waals surface area contributed by atoms with Gasteiger partial charge < -0.3 is 15.7 Å². The van der Waals surface area contributed by atoms with Crippen molar-refractivity contribution in [1.29, 1.82) is 0 Å². The van der Waals surface area contributed by atoms with Gasteiger partial charge in [-0.3, -0.25) is 4.79 Å². The molecule has 2 bridgehead atoms. The molecule has 2 aliphatic heterocycles. The summed E-state index contributed by atoms with van der Waals surface area (Å²) < 4.78 is 0. The molecular weight excluding hydrogens is 168 g/mol. The van der Waals surface area contributed by atoms with E-state index in [2.05, 4.69) is 10.6 Å². The molecule has 1 amide bonds. The van der Waals surface area contributed by atoms with E-state index >= 15 is 0 Å². The third-order valence-electron chi connectivity index (χ3n) is 3.01. The molecule has 2 heterocycles. The van der Waals surface area contributed by atoms with Gasteiger partial charge in [-0.05, 0) is 25.8 Å². The van der Waals surface area contributed by atoms with E-state index in [9.17, 15) is 4.79 Å². The Morgan fingerprint density at radius 2 is 2.54 bits per heavy atom. The van der Waals surface area contributed by atoms with E-state index in [4.69, 9.17) is 5.11 Å². The highest BCUT2D eigenvalue weighted by Crippen LogP contribution is 2.39. The predicted molar refractivity (Wildman–Crippen MR) is 48.1 cm³/mol. The van der Waals surface area contributed by atoms with Crippen LogP contribution in [0.4, 0.5) is 0 Å². The topological polar surface area (TPSA) is 61.4 Å². The number of aliphatic hydroxyl groups excluding tert-OH is 1. The first kappa shape index (κ1) is 8.97. The fourth-order valence-corrected chi connectivity index (χ4v) is 2.24. The minimum atomic E-state index is -0.449. The maximum absolute atomic E-state index is 11.5. The molecule has 3 rings (SSSR count). The van der Waals surface area contributed by atoms with Crippen LogP contribution in [-0.4, -0.2) is 36.2 Å². The van der Waals surface area contributed by atoms with Gasteiger partial charge in [0.1, 0.15) is 0 Å².